The summed E-state index contributed by atoms with van der Waals surface area (Å²) in [4.78, 5) is 14.0. The fourth-order valence-electron chi connectivity index (χ4n) is 2.34. The van der Waals surface area contributed by atoms with Crippen molar-refractivity contribution >= 4 is 5.91 Å². The summed E-state index contributed by atoms with van der Waals surface area (Å²) in [5, 5.41) is 9.20. The molecule has 1 unspecified atom stereocenters. The number of amides is 1. The van der Waals surface area contributed by atoms with E-state index in [0.717, 1.165) is 25.1 Å². The highest BCUT2D eigenvalue weighted by Gasteiger charge is 2.27. The molecule has 0 spiro atoms. The first-order valence-corrected chi connectivity index (χ1v) is 6.38. The number of nitrogens with two attached hydrogens (primary N) is 1. The summed E-state index contributed by atoms with van der Waals surface area (Å²) in [5.41, 5.74) is 6.93. The van der Waals surface area contributed by atoms with Gasteiger partial charge in [0.2, 0.25) is 5.91 Å². The minimum Gasteiger partial charge on any atom is -0.508 e. The average Bonchev–Trinajstić information content (AvgIpc) is 2.78. The summed E-state index contributed by atoms with van der Waals surface area (Å²) in [6, 6.07) is 6.35. The van der Waals surface area contributed by atoms with Crippen molar-refractivity contribution in [3.05, 3.63) is 29.8 Å². The molecule has 1 heterocycles. The molecule has 98 valence electrons. The molecule has 1 aliphatic heterocycles. The molecule has 4 heteroatoms. The third-order valence-corrected chi connectivity index (χ3v) is 3.44. The van der Waals surface area contributed by atoms with Crippen LogP contribution in [0.2, 0.25) is 0 Å². The molecule has 1 aliphatic rings. The molecule has 0 radical (unpaired) electrons. The Balaban J connectivity index is 1.93. The lowest BCUT2D eigenvalue weighted by Gasteiger charge is -2.20. The molecular weight excluding hydrogens is 228 g/mol. The molecule has 3 N–H and O–H groups in total. The standard InChI is InChI=1S/C14H20N2O2/c1-10-6-7-16(9-10)14(18)13(15)8-11-2-4-12(17)5-3-11/h2-5,10,13,17H,6-9,15H2,1H3/t10?,13-/m1/s1. The predicted molar refractivity (Wildman–Crippen MR) is 70.1 cm³/mol. The van der Waals surface area contributed by atoms with E-state index in [9.17, 15) is 9.90 Å². The number of phenolic OH excluding ortho intramolecular Hbond substituents is 1. The van der Waals surface area contributed by atoms with Crippen LogP contribution in [0.4, 0.5) is 0 Å². The molecule has 2 rings (SSSR count). The Labute approximate surface area is 107 Å². The van der Waals surface area contributed by atoms with Gasteiger partial charge in [0.15, 0.2) is 0 Å². The maximum atomic E-state index is 12.1. The Morgan fingerprint density at radius 3 is 2.72 bits per heavy atom. The van der Waals surface area contributed by atoms with Gasteiger partial charge in [0, 0.05) is 13.1 Å². The van der Waals surface area contributed by atoms with Crippen LogP contribution >= 0.6 is 0 Å². The van der Waals surface area contributed by atoms with E-state index in [1.165, 1.54) is 0 Å². The molecule has 0 aromatic heterocycles. The van der Waals surface area contributed by atoms with Crippen LogP contribution in [0, 0.1) is 5.92 Å². The first-order chi connectivity index (χ1) is 8.56. The van der Waals surface area contributed by atoms with E-state index < -0.39 is 6.04 Å². The first-order valence-electron chi connectivity index (χ1n) is 6.38. The minimum absolute atomic E-state index is 0.0347. The van der Waals surface area contributed by atoms with Gasteiger partial charge >= 0.3 is 0 Å². The van der Waals surface area contributed by atoms with Crippen molar-refractivity contribution in [2.24, 2.45) is 11.7 Å². The van der Waals surface area contributed by atoms with Crippen molar-refractivity contribution in [3.8, 4) is 5.75 Å². The van der Waals surface area contributed by atoms with E-state index in [0.29, 0.717) is 12.3 Å². The maximum absolute atomic E-state index is 12.1. The lowest BCUT2D eigenvalue weighted by molar-refractivity contribution is -0.131. The molecular formula is C14H20N2O2. The fraction of sp³-hybridized carbons (Fsp3) is 0.500. The summed E-state index contributed by atoms with van der Waals surface area (Å²) < 4.78 is 0. The molecule has 1 amide bonds. The monoisotopic (exact) mass is 248 g/mol. The Morgan fingerprint density at radius 1 is 1.50 bits per heavy atom. The quantitative estimate of drug-likeness (QED) is 0.842. The van der Waals surface area contributed by atoms with Gasteiger partial charge in [-0.15, -0.1) is 0 Å². The number of rotatable bonds is 3. The Bertz CT molecular complexity index is 416. The van der Waals surface area contributed by atoms with E-state index >= 15 is 0 Å². The SMILES string of the molecule is CC1CCN(C(=O)[C@H](N)Cc2ccc(O)cc2)C1. The van der Waals surface area contributed by atoms with Gasteiger partial charge in [-0.3, -0.25) is 4.79 Å². The number of nitrogens with zero attached hydrogens (tertiary/aromatic N) is 1. The van der Waals surface area contributed by atoms with Gasteiger partial charge in [-0.1, -0.05) is 19.1 Å². The molecule has 1 saturated heterocycles. The van der Waals surface area contributed by atoms with Crippen molar-refractivity contribution in [1.82, 2.24) is 4.90 Å². The zero-order valence-electron chi connectivity index (χ0n) is 10.7. The number of hydrogen-bond acceptors (Lipinski definition) is 3. The highest BCUT2D eigenvalue weighted by atomic mass is 16.3. The fourth-order valence-corrected chi connectivity index (χ4v) is 2.34. The number of aromatic hydroxyl groups is 1. The van der Waals surface area contributed by atoms with Crippen LogP contribution in [-0.2, 0) is 11.2 Å². The first kappa shape index (κ1) is 12.9. The van der Waals surface area contributed by atoms with Crippen LogP contribution < -0.4 is 5.73 Å². The van der Waals surface area contributed by atoms with E-state index in [4.69, 9.17) is 5.73 Å². The van der Waals surface area contributed by atoms with Crippen molar-refractivity contribution in [3.63, 3.8) is 0 Å². The molecule has 0 bridgehead atoms. The predicted octanol–water partition coefficient (Wildman–Crippen LogP) is 1.13. The summed E-state index contributed by atoms with van der Waals surface area (Å²) in [7, 11) is 0. The number of carbonyl (C=O) groups excluding carboxylic acids is 1. The van der Waals surface area contributed by atoms with Gasteiger partial charge < -0.3 is 15.7 Å². The Kier molecular flexibility index (Phi) is 3.87. The molecule has 2 atom stereocenters. The smallest absolute Gasteiger partial charge is 0.239 e. The van der Waals surface area contributed by atoms with Gasteiger partial charge in [-0.25, -0.2) is 0 Å². The number of phenols is 1. The van der Waals surface area contributed by atoms with Gasteiger partial charge in [0.1, 0.15) is 5.75 Å². The third-order valence-electron chi connectivity index (χ3n) is 3.44. The van der Waals surface area contributed by atoms with Crippen molar-refractivity contribution < 1.29 is 9.90 Å². The second-order valence-electron chi connectivity index (χ2n) is 5.16. The molecule has 1 fully saturated rings. The van der Waals surface area contributed by atoms with Crippen molar-refractivity contribution in [2.75, 3.05) is 13.1 Å². The molecule has 1 aromatic rings. The second-order valence-corrected chi connectivity index (χ2v) is 5.16. The minimum atomic E-state index is -0.486. The molecule has 4 nitrogen and oxygen atoms in total. The molecule has 1 aromatic carbocycles. The highest BCUT2D eigenvalue weighted by molar-refractivity contribution is 5.82. The molecule has 18 heavy (non-hydrogen) atoms. The van der Waals surface area contributed by atoms with Crippen LogP contribution in [0.15, 0.2) is 24.3 Å². The van der Waals surface area contributed by atoms with Crippen LogP contribution in [0.25, 0.3) is 0 Å². The average molecular weight is 248 g/mol. The normalized spacial score (nSPS) is 21.0. The number of likely N-dealkylation sites (tertiary alicyclic amines) is 1. The Morgan fingerprint density at radius 2 is 2.17 bits per heavy atom. The number of carbonyl (C=O) groups is 1. The summed E-state index contributed by atoms with van der Waals surface area (Å²) in [6.07, 6.45) is 1.58. The summed E-state index contributed by atoms with van der Waals surface area (Å²) >= 11 is 0. The van der Waals surface area contributed by atoms with Crippen molar-refractivity contribution in [1.29, 1.82) is 0 Å². The second kappa shape index (κ2) is 5.40. The zero-order valence-corrected chi connectivity index (χ0v) is 10.7. The van der Waals surface area contributed by atoms with Gasteiger partial charge in [0.05, 0.1) is 6.04 Å². The van der Waals surface area contributed by atoms with Gasteiger partial charge in [-0.2, -0.15) is 0 Å². The van der Waals surface area contributed by atoms with Crippen LogP contribution in [0.5, 0.6) is 5.75 Å². The van der Waals surface area contributed by atoms with E-state index in [2.05, 4.69) is 6.92 Å². The highest BCUT2D eigenvalue weighted by Crippen LogP contribution is 2.17. The van der Waals surface area contributed by atoms with E-state index in [-0.39, 0.29) is 11.7 Å². The van der Waals surface area contributed by atoms with Gasteiger partial charge in [-0.05, 0) is 36.5 Å². The zero-order chi connectivity index (χ0) is 13.1. The molecule has 0 aliphatic carbocycles. The lowest BCUT2D eigenvalue weighted by atomic mass is 10.1. The van der Waals surface area contributed by atoms with E-state index in [1.54, 1.807) is 24.3 Å². The van der Waals surface area contributed by atoms with Crippen LogP contribution in [-0.4, -0.2) is 35.0 Å². The van der Waals surface area contributed by atoms with Crippen LogP contribution in [0.3, 0.4) is 0 Å². The molecule has 0 saturated carbocycles. The Hall–Kier alpha value is -1.55. The number of benzene rings is 1. The third kappa shape index (κ3) is 3.01. The number of hydrogen-bond donors (Lipinski definition) is 2. The summed E-state index contributed by atoms with van der Waals surface area (Å²) in [5.74, 6) is 0.842. The van der Waals surface area contributed by atoms with Crippen LogP contribution in [0.1, 0.15) is 18.9 Å². The maximum Gasteiger partial charge on any atom is 0.239 e. The van der Waals surface area contributed by atoms with Crippen molar-refractivity contribution in [2.45, 2.75) is 25.8 Å². The largest absolute Gasteiger partial charge is 0.508 e. The lowest BCUT2D eigenvalue weighted by Crippen LogP contribution is -2.43. The van der Waals surface area contributed by atoms with Gasteiger partial charge in [0.25, 0.3) is 0 Å². The topological polar surface area (TPSA) is 66.6 Å². The summed E-state index contributed by atoms with van der Waals surface area (Å²) in [6.45, 7) is 3.80. The van der Waals surface area contributed by atoms with E-state index in [1.807, 2.05) is 4.90 Å².